The summed E-state index contributed by atoms with van der Waals surface area (Å²) in [6.07, 6.45) is 0. The summed E-state index contributed by atoms with van der Waals surface area (Å²) in [5, 5.41) is 5.45. The molecule has 0 saturated heterocycles. The Bertz CT molecular complexity index is 569. The van der Waals surface area contributed by atoms with E-state index in [0.717, 1.165) is 12.4 Å². The normalized spacial score (nSPS) is 11.6. The number of hydrogen-bond acceptors (Lipinski definition) is 6. The third kappa shape index (κ3) is 4.41. The summed E-state index contributed by atoms with van der Waals surface area (Å²) in [4.78, 5) is 9.94. The predicted octanol–water partition coefficient (Wildman–Crippen LogP) is 3.05. The topological polar surface area (TPSA) is 73.1 Å². The molecule has 5 nitrogen and oxygen atoms in total. The van der Waals surface area contributed by atoms with Gasteiger partial charge in [-0.25, -0.2) is 9.97 Å². The number of ether oxygens (including phenoxy) is 1. The van der Waals surface area contributed by atoms with Crippen molar-refractivity contribution in [2.24, 2.45) is 0 Å². The molecule has 0 bridgehead atoms. The lowest BCUT2D eigenvalue weighted by atomic mass is 9.91. The van der Waals surface area contributed by atoms with E-state index in [0.29, 0.717) is 24.9 Å². The van der Waals surface area contributed by atoms with E-state index in [2.05, 4.69) is 46.6 Å². The van der Waals surface area contributed by atoms with Crippen molar-refractivity contribution >= 4 is 23.0 Å². The molecule has 2 aromatic rings. The Morgan fingerprint density at radius 3 is 2.86 bits per heavy atom. The summed E-state index contributed by atoms with van der Waals surface area (Å²) in [7, 11) is 0. The maximum absolute atomic E-state index is 5.82. The standard InChI is InChI=1S/C15H22N4OS/c1-4-20-9-14-18-12(16)8-13(19-14)17-10-15(2,3)11-6-5-7-21-11/h5-8H,4,9-10H2,1-3H3,(H3,16,17,18,19). The van der Waals surface area contributed by atoms with E-state index in [1.165, 1.54) is 4.88 Å². The Morgan fingerprint density at radius 1 is 1.38 bits per heavy atom. The number of thiophene rings is 1. The fourth-order valence-corrected chi connectivity index (χ4v) is 2.78. The van der Waals surface area contributed by atoms with Crippen molar-refractivity contribution in [2.45, 2.75) is 32.8 Å². The number of nitrogens with zero attached hydrogens (tertiary/aromatic N) is 2. The Labute approximate surface area is 129 Å². The molecule has 0 atom stereocenters. The molecule has 0 unspecified atom stereocenters. The zero-order valence-electron chi connectivity index (χ0n) is 12.7. The maximum Gasteiger partial charge on any atom is 0.158 e. The molecule has 0 fully saturated rings. The zero-order valence-corrected chi connectivity index (χ0v) is 13.5. The number of anilines is 2. The molecule has 2 heterocycles. The first kappa shape index (κ1) is 15.7. The highest BCUT2D eigenvalue weighted by molar-refractivity contribution is 7.10. The molecule has 3 N–H and O–H groups in total. The highest BCUT2D eigenvalue weighted by atomic mass is 32.1. The van der Waals surface area contributed by atoms with Crippen molar-refractivity contribution in [1.82, 2.24) is 9.97 Å². The number of nitrogens with one attached hydrogen (secondary N) is 1. The molecule has 0 aliphatic carbocycles. The summed E-state index contributed by atoms with van der Waals surface area (Å²) in [5.41, 5.74) is 5.86. The Morgan fingerprint density at radius 2 is 2.19 bits per heavy atom. The van der Waals surface area contributed by atoms with Crippen LogP contribution in [0.5, 0.6) is 0 Å². The van der Waals surface area contributed by atoms with Crippen molar-refractivity contribution in [1.29, 1.82) is 0 Å². The number of rotatable bonds is 7. The third-order valence-electron chi connectivity index (χ3n) is 3.13. The maximum atomic E-state index is 5.82. The van der Waals surface area contributed by atoms with Crippen LogP contribution < -0.4 is 11.1 Å². The van der Waals surface area contributed by atoms with Crippen LogP contribution >= 0.6 is 11.3 Å². The SMILES string of the molecule is CCOCc1nc(N)cc(NCC(C)(C)c2cccs2)n1. The van der Waals surface area contributed by atoms with E-state index < -0.39 is 0 Å². The van der Waals surface area contributed by atoms with E-state index >= 15 is 0 Å². The molecule has 0 aromatic carbocycles. The molecule has 0 amide bonds. The smallest absolute Gasteiger partial charge is 0.158 e. The van der Waals surface area contributed by atoms with Crippen molar-refractivity contribution < 1.29 is 4.74 Å². The van der Waals surface area contributed by atoms with E-state index in [1.807, 2.05) is 6.92 Å². The van der Waals surface area contributed by atoms with Crippen LogP contribution in [-0.2, 0) is 16.8 Å². The third-order valence-corrected chi connectivity index (χ3v) is 4.36. The lowest BCUT2D eigenvalue weighted by molar-refractivity contribution is 0.128. The van der Waals surface area contributed by atoms with Gasteiger partial charge in [0.05, 0.1) is 0 Å². The fourth-order valence-electron chi connectivity index (χ4n) is 1.93. The average Bonchev–Trinajstić information content (AvgIpc) is 2.97. The number of aromatic nitrogens is 2. The van der Waals surface area contributed by atoms with Crippen LogP contribution in [0.2, 0.25) is 0 Å². The van der Waals surface area contributed by atoms with Crippen LogP contribution in [0.15, 0.2) is 23.6 Å². The molecule has 0 aliphatic rings. The van der Waals surface area contributed by atoms with Crippen LogP contribution in [0, 0.1) is 0 Å². The molecule has 0 radical (unpaired) electrons. The molecule has 0 spiro atoms. The second kappa shape index (κ2) is 6.87. The highest BCUT2D eigenvalue weighted by Gasteiger charge is 2.21. The minimum atomic E-state index is 0.0357. The van der Waals surface area contributed by atoms with Crippen molar-refractivity contribution in [3.63, 3.8) is 0 Å². The molecule has 6 heteroatoms. The highest BCUT2D eigenvalue weighted by Crippen LogP contribution is 2.27. The van der Waals surface area contributed by atoms with Crippen molar-refractivity contribution in [3.05, 3.63) is 34.3 Å². The molecule has 114 valence electrons. The van der Waals surface area contributed by atoms with Crippen LogP contribution in [0.25, 0.3) is 0 Å². The fraction of sp³-hybridized carbons (Fsp3) is 0.467. The van der Waals surface area contributed by atoms with Crippen LogP contribution in [0.3, 0.4) is 0 Å². The molecule has 2 rings (SSSR count). The Hall–Kier alpha value is -1.66. The monoisotopic (exact) mass is 306 g/mol. The average molecular weight is 306 g/mol. The number of nitrogens with two attached hydrogens (primary N) is 1. The molecular formula is C15H22N4OS. The van der Waals surface area contributed by atoms with Gasteiger partial charge in [0.15, 0.2) is 5.82 Å². The summed E-state index contributed by atoms with van der Waals surface area (Å²) >= 11 is 1.76. The summed E-state index contributed by atoms with van der Waals surface area (Å²) in [6.45, 7) is 8.14. The van der Waals surface area contributed by atoms with Gasteiger partial charge in [-0.15, -0.1) is 11.3 Å². The number of hydrogen-bond donors (Lipinski definition) is 2. The second-order valence-electron chi connectivity index (χ2n) is 5.45. The van der Waals surface area contributed by atoms with E-state index in [1.54, 1.807) is 17.4 Å². The minimum absolute atomic E-state index is 0.0357. The van der Waals surface area contributed by atoms with Crippen LogP contribution in [0.4, 0.5) is 11.6 Å². The lowest BCUT2D eigenvalue weighted by Crippen LogP contribution is -2.27. The van der Waals surface area contributed by atoms with Crippen LogP contribution in [0.1, 0.15) is 31.5 Å². The van der Waals surface area contributed by atoms with Gasteiger partial charge in [-0.2, -0.15) is 0 Å². The number of nitrogen functional groups attached to an aromatic ring is 1. The Kier molecular flexibility index (Phi) is 5.14. The minimum Gasteiger partial charge on any atom is -0.384 e. The van der Waals surface area contributed by atoms with Crippen LogP contribution in [-0.4, -0.2) is 23.1 Å². The first-order valence-corrected chi connectivity index (χ1v) is 7.88. The van der Waals surface area contributed by atoms with Gasteiger partial charge in [-0.1, -0.05) is 19.9 Å². The zero-order chi connectivity index (χ0) is 15.3. The van der Waals surface area contributed by atoms with Gasteiger partial charge < -0.3 is 15.8 Å². The van der Waals surface area contributed by atoms with Gasteiger partial charge in [0.25, 0.3) is 0 Å². The summed E-state index contributed by atoms with van der Waals surface area (Å²) in [6, 6.07) is 5.98. The second-order valence-corrected chi connectivity index (χ2v) is 6.39. The first-order valence-electron chi connectivity index (χ1n) is 7.00. The molecule has 0 saturated carbocycles. The van der Waals surface area contributed by atoms with E-state index in [9.17, 15) is 0 Å². The van der Waals surface area contributed by atoms with Gasteiger partial charge in [-0.3, -0.25) is 0 Å². The summed E-state index contributed by atoms with van der Waals surface area (Å²) < 4.78 is 5.33. The van der Waals surface area contributed by atoms with Gasteiger partial charge in [-0.05, 0) is 18.4 Å². The Balaban J connectivity index is 2.04. The van der Waals surface area contributed by atoms with Crippen molar-refractivity contribution in [3.8, 4) is 0 Å². The van der Waals surface area contributed by atoms with E-state index in [-0.39, 0.29) is 5.41 Å². The lowest BCUT2D eigenvalue weighted by Gasteiger charge is -2.24. The first-order chi connectivity index (χ1) is 10.0. The van der Waals surface area contributed by atoms with Gasteiger partial charge in [0.1, 0.15) is 18.2 Å². The van der Waals surface area contributed by atoms with Gasteiger partial charge in [0.2, 0.25) is 0 Å². The van der Waals surface area contributed by atoms with Crippen molar-refractivity contribution in [2.75, 3.05) is 24.2 Å². The quantitative estimate of drug-likeness (QED) is 0.822. The molecule has 0 aliphatic heterocycles. The largest absolute Gasteiger partial charge is 0.384 e. The predicted molar refractivity (Wildman–Crippen MR) is 87.6 cm³/mol. The molecule has 2 aromatic heterocycles. The van der Waals surface area contributed by atoms with Gasteiger partial charge >= 0.3 is 0 Å². The van der Waals surface area contributed by atoms with E-state index in [4.69, 9.17) is 10.5 Å². The molecular weight excluding hydrogens is 284 g/mol. The van der Waals surface area contributed by atoms with Gasteiger partial charge in [0, 0.05) is 29.5 Å². The molecule has 21 heavy (non-hydrogen) atoms. The summed E-state index contributed by atoms with van der Waals surface area (Å²) in [5.74, 6) is 1.80.